The lowest BCUT2D eigenvalue weighted by Crippen LogP contribution is -2.32. The predicted molar refractivity (Wildman–Crippen MR) is 91.6 cm³/mol. The van der Waals surface area contributed by atoms with Crippen LogP contribution in [0.15, 0.2) is 58.4 Å². The summed E-state index contributed by atoms with van der Waals surface area (Å²) in [5, 5.41) is 0. The van der Waals surface area contributed by atoms with Crippen LogP contribution in [-0.4, -0.2) is 29.0 Å². The van der Waals surface area contributed by atoms with E-state index >= 15 is 0 Å². The van der Waals surface area contributed by atoms with Crippen LogP contribution in [0.3, 0.4) is 0 Å². The number of sulfonamides is 1. The molecule has 0 saturated carbocycles. The third-order valence-corrected chi connectivity index (χ3v) is 5.67. The summed E-state index contributed by atoms with van der Waals surface area (Å²) in [4.78, 5) is 13.5. The van der Waals surface area contributed by atoms with Crippen LogP contribution in [0.5, 0.6) is 0 Å². The number of fused-ring (bicyclic) bond motifs is 2. The summed E-state index contributed by atoms with van der Waals surface area (Å²) in [6.45, 7) is 1.93. The molecule has 0 unspecified atom stereocenters. The van der Waals surface area contributed by atoms with E-state index in [1.165, 1.54) is 10.6 Å². The van der Waals surface area contributed by atoms with Crippen LogP contribution >= 0.6 is 0 Å². The highest BCUT2D eigenvalue weighted by Gasteiger charge is 2.29. The van der Waals surface area contributed by atoms with Crippen molar-refractivity contribution in [1.82, 2.24) is 14.3 Å². The molecule has 0 bridgehead atoms. The van der Waals surface area contributed by atoms with Crippen LogP contribution in [-0.2, 0) is 16.6 Å². The second-order valence-electron chi connectivity index (χ2n) is 5.51. The van der Waals surface area contributed by atoms with Crippen LogP contribution in [0.4, 0.5) is 5.69 Å². The topological polar surface area (TPSA) is 75.5 Å². The molecule has 2 heterocycles. The van der Waals surface area contributed by atoms with Gasteiger partial charge < -0.3 is 0 Å². The number of para-hydroxylation sites is 3. The third-order valence-electron chi connectivity index (χ3n) is 3.93. The summed E-state index contributed by atoms with van der Waals surface area (Å²) in [6.07, 6.45) is 1.34. The van der Waals surface area contributed by atoms with Crippen molar-refractivity contribution in [3.63, 3.8) is 0 Å². The average molecular weight is 338 g/mol. The van der Waals surface area contributed by atoms with Gasteiger partial charge >= 0.3 is 0 Å². The number of benzene rings is 2. The van der Waals surface area contributed by atoms with Gasteiger partial charge in [0.25, 0.3) is 10.0 Å². The van der Waals surface area contributed by atoms with Crippen LogP contribution < -0.4 is 0 Å². The van der Waals surface area contributed by atoms with E-state index in [1.54, 1.807) is 24.3 Å². The highest BCUT2D eigenvalue weighted by Crippen LogP contribution is 2.30. The fourth-order valence-corrected chi connectivity index (χ4v) is 4.00. The van der Waals surface area contributed by atoms with Crippen LogP contribution in [0.2, 0.25) is 0 Å². The Morgan fingerprint density at radius 3 is 2.42 bits per heavy atom. The Labute approximate surface area is 139 Å². The van der Waals surface area contributed by atoms with Crippen molar-refractivity contribution in [3.05, 3.63) is 59.9 Å². The molecule has 1 aliphatic heterocycles. The Kier molecular flexibility index (Phi) is 3.31. The van der Waals surface area contributed by atoms with Crippen molar-refractivity contribution in [2.45, 2.75) is 18.4 Å². The molecule has 0 atom stereocenters. The molecule has 0 N–H and O–H groups in total. The first-order valence-corrected chi connectivity index (χ1v) is 8.87. The highest BCUT2D eigenvalue weighted by atomic mass is 32.2. The van der Waals surface area contributed by atoms with Gasteiger partial charge in [0.2, 0.25) is 0 Å². The number of rotatable bonds is 2. The maximum Gasteiger partial charge on any atom is 0.267 e. The summed E-state index contributed by atoms with van der Waals surface area (Å²) in [5.41, 5.74) is 3.30. The van der Waals surface area contributed by atoms with Gasteiger partial charge in [0, 0.05) is 0 Å². The Balaban J connectivity index is 1.76. The number of hydrogen-bond donors (Lipinski definition) is 0. The van der Waals surface area contributed by atoms with E-state index in [2.05, 4.69) is 15.0 Å². The van der Waals surface area contributed by atoms with Gasteiger partial charge in [-0.15, -0.1) is 0 Å². The summed E-state index contributed by atoms with van der Waals surface area (Å²) < 4.78 is 26.7. The molecule has 0 radical (unpaired) electrons. The summed E-state index contributed by atoms with van der Waals surface area (Å²) >= 11 is 0. The van der Waals surface area contributed by atoms with Crippen molar-refractivity contribution in [3.8, 4) is 0 Å². The molecule has 24 heavy (non-hydrogen) atoms. The number of nitrogens with zero attached hydrogens (tertiary/aromatic N) is 4. The Morgan fingerprint density at radius 2 is 1.62 bits per heavy atom. The van der Waals surface area contributed by atoms with E-state index in [4.69, 9.17) is 0 Å². The smallest absolute Gasteiger partial charge is 0.250 e. The largest absolute Gasteiger partial charge is 0.267 e. The quantitative estimate of drug-likeness (QED) is 0.720. The number of hydrogen-bond acceptors (Lipinski definition) is 5. The van der Waals surface area contributed by atoms with Crippen molar-refractivity contribution < 1.29 is 8.42 Å². The number of aliphatic imine (C=N–C) groups is 1. The molecular formula is C17H14N4O2S. The van der Waals surface area contributed by atoms with E-state index in [9.17, 15) is 8.42 Å². The first-order chi connectivity index (χ1) is 11.6. The second kappa shape index (κ2) is 5.38. The predicted octanol–water partition coefficient (Wildman–Crippen LogP) is 2.80. The van der Waals surface area contributed by atoms with Gasteiger partial charge in [-0.2, -0.15) is 0 Å². The van der Waals surface area contributed by atoms with Gasteiger partial charge in [-0.25, -0.2) is 23.4 Å². The summed E-state index contributed by atoms with van der Waals surface area (Å²) in [7, 11) is -3.63. The lowest BCUT2D eigenvalue weighted by atomic mass is 10.2. The average Bonchev–Trinajstić information content (AvgIpc) is 2.58. The molecule has 0 saturated heterocycles. The standard InChI is InChI=1S/C17H14N4O2S/c1-12-16(20-14-7-3-2-6-13(14)19-12)10-21-11-18-15-8-4-5-9-17(15)24(21,22)23/h2-9,11H,10H2,1H3. The molecule has 0 fully saturated rings. The number of aromatic nitrogens is 2. The molecule has 0 amide bonds. The normalized spacial score (nSPS) is 15.5. The van der Waals surface area contributed by atoms with E-state index < -0.39 is 10.0 Å². The minimum Gasteiger partial charge on any atom is -0.250 e. The summed E-state index contributed by atoms with van der Waals surface area (Å²) in [6, 6.07) is 14.2. The SMILES string of the molecule is Cc1nc2ccccc2nc1CN1C=Nc2ccccc2S1(=O)=O. The van der Waals surface area contributed by atoms with Crippen molar-refractivity contribution >= 4 is 33.1 Å². The molecule has 1 aliphatic rings. The molecule has 2 aromatic carbocycles. The monoisotopic (exact) mass is 338 g/mol. The molecule has 0 aliphatic carbocycles. The van der Waals surface area contributed by atoms with Crippen molar-refractivity contribution in [2.75, 3.05) is 0 Å². The van der Waals surface area contributed by atoms with Crippen molar-refractivity contribution in [1.29, 1.82) is 0 Å². The maximum absolute atomic E-state index is 12.8. The minimum atomic E-state index is -3.63. The number of aryl methyl sites for hydroxylation is 1. The van der Waals surface area contributed by atoms with Crippen molar-refractivity contribution in [2.24, 2.45) is 4.99 Å². The second-order valence-corrected chi connectivity index (χ2v) is 7.37. The zero-order valence-corrected chi connectivity index (χ0v) is 13.7. The van der Waals surface area contributed by atoms with Gasteiger partial charge in [0.15, 0.2) is 0 Å². The molecule has 7 heteroatoms. The Bertz CT molecular complexity index is 1080. The lowest BCUT2D eigenvalue weighted by molar-refractivity contribution is 0.517. The first-order valence-electron chi connectivity index (χ1n) is 7.43. The minimum absolute atomic E-state index is 0.101. The van der Waals surface area contributed by atoms with Gasteiger partial charge in [-0.3, -0.25) is 4.31 Å². The lowest BCUT2D eigenvalue weighted by Gasteiger charge is -2.24. The molecular weight excluding hydrogens is 324 g/mol. The fraction of sp³-hybridized carbons (Fsp3) is 0.118. The molecule has 1 aromatic heterocycles. The highest BCUT2D eigenvalue weighted by molar-refractivity contribution is 7.89. The van der Waals surface area contributed by atoms with E-state index in [-0.39, 0.29) is 11.4 Å². The molecule has 6 nitrogen and oxygen atoms in total. The maximum atomic E-state index is 12.8. The Morgan fingerprint density at radius 1 is 0.958 bits per heavy atom. The zero-order valence-electron chi connectivity index (χ0n) is 12.9. The van der Waals surface area contributed by atoms with Gasteiger partial charge in [-0.1, -0.05) is 24.3 Å². The first kappa shape index (κ1) is 14.8. The Hall–Kier alpha value is -2.80. The van der Waals surface area contributed by atoms with E-state index in [0.717, 1.165) is 11.0 Å². The van der Waals surface area contributed by atoms with Gasteiger partial charge in [-0.05, 0) is 31.2 Å². The molecule has 120 valence electrons. The van der Waals surface area contributed by atoms with E-state index in [1.807, 2.05) is 31.2 Å². The fourth-order valence-electron chi connectivity index (χ4n) is 2.64. The van der Waals surface area contributed by atoms with Gasteiger partial charge in [0.05, 0.1) is 34.7 Å². The summed E-state index contributed by atoms with van der Waals surface area (Å²) in [5.74, 6) is 0. The molecule has 0 spiro atoms. The van der Waals surface area contributed by atoms with Gasteiger partial charge in [0.1, 0.15) is 11.2 Å². The van der Waals surface area contributed by atoms with Crippen LogP contribution in [0.25, 0.3) is 11.0 Å². The van der Waals surface area contributed by atoms with E-state index in [0.29, 0.717) is 17.1 Å². The van der Waals surface area contributed by atoms with Crippen LogP contribution in [0, 0.1) is 6.92 Å². The molecule has 4 rings (SSSR count). The zero-order chi connectivity index (χ0) is 16.7. The van der Waals surface area contributed by atoms with Crippen LogP contribution in [0.1, 0.15) is 11.4 Å². The third kappa shape index (κ3) is 2.33. The molecule has 3 aromatic rings.